The second kappa shape index (κ2) is 12.0. The second-order valence-corrected chi connectivity index (χ2v) is 10.7. The molecule has 0 fully saturated rings. The van der Waals surface area contributed by atoms with E-state index in [-0.39, 0.29) is 6.10 Å². The molecule has 6 heteroatoms. The van der Waals surface area contributed by atoms with Gasteiger partial charge in [0.25, 0.3) is 0 Å². The molecular formula is C31H35N3O2S. The number of benzene rings is 1. The average molecular weight is 514 g/mol. The fourth-order valence-electron chi connectivity index (χ4n) is 4.15. The van der Waals surface area contributed by atoms with Crippen molar-refractivity contribution in [1.82, 2.24) is 0 Å². The predicted octanol–water partition coefficient (Wildman–Crippen LogP) is 8.34. The molecule has 0 N–H and O–H groups in total. The van der Waals surface area contributed by atoms with Crippen molar-refractivity contribution in [3.05, 3.63) is 85.7 Å². The minimum Gasteiger partial charge on any atom is -0.494 e. The van der Waals surface area contributed by atoms with Gasteiger partial charge in [0.1, 0.15) is 17.1 Å². The zero-order valence-corrected chi connectivity index (χ0v) is 23.6. The van der Waals surface area contributed by atoms with Gasteiger partial charge < -0.3 is 14.4 Å². The Morgan fingerprint density at radius 3 is 2.35 bits per heavy atom. The highest BCUT2D eigenvalue weighted by Crippen LogP contribution is 2.41. The zero-order chi connectivity index (χ0) is 27.2. The maximum atomic E-state index is 9.28. The molecule has 192 valence electrons. The number of hydrogen-bond acceptors (Lipinski definition) is 5. The first-order chi connectivity index (χ1) is 17.6. The van der Waals surface area contributed by atoms with Crippen LogP contribution in [0.3, 0.4) is 0 Å². The fourth-order valence-corrected chi connectivity index (χ4v) is 4.97. The molecule has 0 bridgehead atoms. The molecule has 1 aliphatic heterocycles. The smallest absolute Gasteiger partial charge is 0.236 e. The van der Waals surface area contributed by atoms with Crippen LogP contribution in [0.4, 0.5) is 5.69 Å². The van der Waals surface area contributed by atoms with Gasteiger partial charge in [-0.1, -0.05) is 6.08 Å². The van der Waals surface area contributed by atoms with Gasteiger partial charge in [0.15, 0.2) is 0 Å². The Bertz CT molecular complexity index is 1340. The number of allylic oxidation sites excluding steroid dienone is 1. The Morgan fingerprint density at radius 1 is 1.14 bits per heavy atom. The Labute approximate surface area is 225 Å². The van der Waals surface area contributed by atoms with E-state index in [0.717, 1.165) is 45.4 Å². The van der Waals surface area contributed by atoms with Crippen LogP contribution >= 0.6 is 11.3 Å². The molecule has 0 saturated heterocycles. The lowest BCUT2D eigenvalue weighted by atomic mass is 9.97. The van der Waals surface area contributed by atoms with E-state index in [1.807, 2.05) is 39.8 Å². The molecule has 5 nitrogen and oxygen atoms in total. The summed E-state index contributed by atoms with van der Waals surface area (Å²) in [7, 11) is 0. The monoisotopic (exact) mass is 513 g/mol. The number of anilines is 1. The minimum atomic E-state index is -0.673. The minimum absolute atomic E-state index is 0.0864. The highest BCUT2D eigenvalue weighted by atomic mass is 32.1. The summed E-state index contributed by atoms with van der Waals surface area (Å²) < 4.78 is 12.1. The van der Waals surface area contributed by atoms with Crippen LogP contribution in [-0.4, -0.2) is 24.8 Å². The lowest BCUT2D eigenvalue weighted by molar-refractivity contribution is 0.0948. The molecule has 0 unspecified atom stereocenters. The highest BCUT2D eigenvalue weighted by molar-refractivity contribution is 7.13. The molecule has 0 amide bonds. The van der Waals surface area contributed by atoms with Crippen molar-refractivity contribution in [3.63, 3.8) is 0 Å². The van der Waals surface area contributed by atoms with E-state index in [1.165, 1.54) is 0 Å². The normalized spacial score (nSPS) is 16.3. The van der Waals surface area contributed by atoms with Crippen LogP contribution in [0.2, 0.25) is 0 Å². The zero-order valence-electron chi connectivity index (χ0n) is 22.8. The van der Waals surface area contributed by atoms with Crippen molar-refractivity contribution in [3.8, 4) is 11.8 Å². The molecule has 1 aliphatic rings. The summed E-state index contributed by atoms with van der Waals surface area (Å²) in [6, 6.07) is 12.6. The molecular weight excluding hydrogens is 478 g/mol. The Hall–Kier alpha value is -3.74. The van der Waals surface area contributed by atoms with Crippen LogP contribution in [0.25, 0.3) is 23.1 Å². The molecule has 0 radical (unpaired) electrons. The molecule has 0 spiro atoms. The lowest BCUT2D eigenvalue weighted by Gasteiger charge is -2.23. The molecule has 2 heterocycles. The van der Waals surface area contributed by atoms with Crippen LogP contribution in [0.1, 0.15) is 63.8 Å². The van der Waals surface area contributed by atoms with Gasteiger partial charge in [-0.15, -0.1) is 11.3 Å². The van der Waals surface area contributed by atoms with Gasteiger partial charge in [0, 0.05) is 45.7 Å². The van der Waals surface area contributed by atoms with Gasteiger partial charge >= 0.3 is 0 Å². The van der Waals surface area contributed by atoms with Crippen molar-refractivity contribution >= 4 is 35.3 Å². The molecule has 37 heavy (non-hydrogen) atoms. The van der Waals surface area contributed by atoms with Gasteiger partial charge in [0.2, 0.25) is 5.70 Å². The first kappa shape index (κ1) is 27.8. The second-order valence-electron chi connectivity index (χ2n) is 9.52. The Kier molecular flexibility index (Phi) is 9.03. The summed E-state index contributed by atoms with van der Waals surface area (Å²) in [5, 5.41) is 9.28. The van der Waals surface area contributed by atoms with Crippen LogP contribution in [0.15, 0.2) is 59.0 Å². The average Bonchev–Trinajstić information content (AvgIpc) is 3.42. The topological polar surface area (TPSA) is 49.9 Å². The summed E-state index contributed by atoms with van der Waals surface area (Å²) in [6.07, 6.45) is 8.22. The predicted molar refractivity (Wildman–Crippen MR) is 155 cm³/mol. The number of thiophene rings is 1. The number of rotatable bonds is 9. The van der Waals surface area contributed by atoms with Crippen LogP contribution < -0.4 is 9.64 Å². The molecule has 2 aromatic rings. The molecule has 0 atom stereocenters. The molecule has 0 saturated carbocycles. The van der Waals surface area contributed by atoms with Gasteiger partial charge in [-0.3, -0.25) is 0 Å². The van der Waals surface area contributed by atoms with E-state index in [2.05, 4.69) is 72.1 Å². The highest BCUT2D eigenvalue weighted by Gasteiger charge is 2.37. The van der Waals surface area contributed by atoms with Crippen molar-refractivity contribution in [2.75, 3.05) is 18.0 Å². The molecule has 1 aromatic heterocycles. The first-order valence-electron chi connectivity index (χ1n) is 12.6. The fraction of sp³-hybridized carbons (Fsp3) is 0.355. The number of nitrogens with zero attached hydrogens (tertiary/aromatic N) is 3. The van der Waals surface area contributed by atoms with Gasteiger partial charge in [-0.2, -0.15) is 5.26 Å². The molecule has 3 rings (SSSR count). The van der Waals surface area contributed by atoms with Crippen LogP contribution in [-0.2, 0) is 4.74 Å². The quantitative estimate of drug-likeness (QED) is 0.250. The Balaban J connectivity index is 1.86. The van der Waals surface area contributed by atoms with Crippen molar-refractivity contribution in [2.45, 2.75) is 60.2 Å². The summed E-state index contributed by atoms with van der Waals surface area (Å²) in [4.78, 5) is 8.17. The van der Waals surface area contributed by atoms with Gasteiger partial charge in [-0.05, 0) is 91.0 Å². The number of ether oxygens (including phenoxy) is 2. The molecule has 1 aromatic carbocycles. The largest absolute Gasteiger partial charge is 0.494 e. The third-order valence-corrected chi connectivity index (χ3v) is 7.09. The number of hydrogen-bond donors (Lipinski definition) is 0. The lowest BCUT2D eigenvalue weighted by Crippen LogP contribution is -2.21. The van der Waals surface area contributed by atoms with E-state index in [1.54, 1.807) is 18.3 Å². The maximum absolute atomic E-state index is 9.28. The van der Waals surface area contributed by atoms with Crippen molar-refractivity contribution in [1.29, 1.82) is 5.26 Å². The summed E-state index contributed by atoms with van der Waals surface area (Å²) >= 11 is 1.66. The summed E-state index contributed by atoms with van der Waals surface area (Å²) in [5.41, 5.74) is 3.13. The van der Waals surface area contributed by atoms with E-state index >= 15 is 0 Å². The maximum Gasteiger partial charge on any atom is 0.236 e. The van der Waals surface area contributed by atoms with Crippen molar-refractivity contribution < 1.29 is 9.47 Å². The molecule has 0 aliphatic carbocycles. The third kappa shape index (κ3) is 6.53. The number of nitriles is 1. The first-order valence-corrected chi connectivity index (χ1v) is 13.4. The van der Waals surface area contributed by atoms with Gasteiger partial charge in [0.05, 0.1) is 24.3 Å². The SMILES string of the molecule is [C-]#[N+]C1=C(/C=C/c2ccc(/C=C/c3ccc(N(CC)CC)cc3OC(C)C)s2)C(C)(C)O/C1=C(\C)C#N. The van der Waals surface area contributed by atoms with E-state index in [0.29, 0.717) is 17.0 Å². The third-order valence-electron chi connectivity index (χ3n) is 6.07. The van der Waals surface area contributed by atoms with E-state index < -0.39 is 5.60 Å². The van der Waals surface area contributed by atoms with Crippen LogP contribution in [0, 0.1) is 17.9 Å². The van der Waals surface area contributed by atoms with E-state index in [9.17, 15) is 5.26 Å². The van der Waals surface area contributed by atoms with E-state index in [4.69, 9.17) is 16.0 Å². The Morgan fingerprint density at radius 2 is 1.78 bits per heavy atom. The summed E-state index contributed by atoms with van der Waals surface area (Å²) in [6.45, 7) is 23.5. The van der Waals surface area contributed by atoms with Gasteiger partial charge in [-0.25, -0.2) is 4.85 Å². The standard InChI is InChI=1S/C31H35N3O2S/c1-9-34(10-2)24-13-11-23(28(19-24)35-21(3)4)12-14-25-15-16-26(37-25)17-18-27-29(33-8)30(22(5)20-32)36-31(27,6)7/h11-19,21H,9-10H2,1-7H3/b14-12+,18-17+,30-22+. The van der Waals surface area contributed by atoms with Crippen molar-refractivity contribution in [2.24, 2.45) is 0 Å². The summed E-state index contributed by atoms with van der Waals surface area (Å²) in [5.74, 6) is 1.26. The van der Waals surface area contributed by atoms with Crippen LogP contribution in [0.5, 0.6) is 5.75 Å².